The predicted octanol–water partition coefficient (Wildman–Crippen LogP) is 20.7. The average Bonchev–Trinajstić information content (AvgIpc) is 3.35. The fourth-order valence-electron chi connectivity index (χ4n) is 9.93. The number of carbonyl (C=O) groups is 2. The summed E-state index contributed by atoms with van der Waals surface area (Å²) in [4.78, 5) is 26.7. The third-order valence-electron chi connectivity index (χ3n) is 14.6. The molecule has 68 heavy (non-hydrogen) atoms. The molecule has 2 N–H and O–H groups in total. The first-order chi connectivity index (χ1) is 33.6. The maximum absolute atomic E-state index is 13.4. The fraction of sp³-hybridized carbons (Fsp3) is 0.873. The minimum absolute atomic E-state index is 0.0754. The number of carbonyl (C=O) groups excluding carboxylic acids is 2. The second kappa shape index (κ2) is 52.8. The molecule has 2 amide bonds. The Bertz CT molecular complexity index is 1200. The van der Waals surface area contributed by atoms with Gasteiger partial charge in [-0.15, -0.1) is 0 Å². The normalized spacial score (nSPS) is 11.4. The lowest BCUT2D eigenvalue weighted by atomic mass is 10.0. The highest BCUT2D eigenvalue weighted by Crippen LogP contribution is 2.23. The molecular weight excluding hydrogens is 833 g/mol. The molecule has 0 heterocycles. The van der Waals surface area contributed by atoms with E-state index in [9.17, 15) is 9.59 Å². The van der Waals surface area contributed by atoms with Crippen molar-refractivity contribution in [2.24, 2.45) is 0 Å². The summed E-state index contributed by atoms with van der Waals surface area (Å²) in [6, 6.07) is 5.41. The largest absolute Gasteiger partial charge is 0.493 e. The Morgan fingerprint density at radius 2 is 0.574 bits per heavy atom. The quantitative estimate of drug-likeness (QED) is 0.0640. The summed E-state index contributed by atoms with van der Waals surface area (Å²) in [5.74, 6) is 0.372. The van der Waals surface area contributed by atoms with Crippen LogP contribution >= 0.6 is 0 Å². The molecule has 0 saturated heterocycles. The number of unbranched alkanes of at least 4 members (excludes halogenated alkanes) is 46. The smallest absolute Gasteiger partial charge is 0.255 e. The van der Waals surface area contributed by atoms with Crippen molar-refractivity contribution in [3.05, 3.63) is 29.3 Å². The minimum atomic E-state index is -0.0944. The molecule has 0 aliphatic carbocycles. The minimum Gasteiger partial charge on any atom is -0.493 e. The highest BCUT2D eigenvalue weighted by atomic mass is 16.5. The monoisotopic (exact) mass is 951 g/mol. The Balaban J connectivity index is 2.33. The van der Waals surface area contributed by atoms with E-state index in [4.69, 9.17) is 4.74 Å². The molecule has 0 unspecified atom stereocenters. The number of rotatable bonds is 55. The van der Waals surface area contributed by atoms with Crippen molar-refractivity contribution in [2.75, 3.05) is 19.7 Å². The van der Waals surface area contributed by atoms with Crippen LogP contribution < -0.4 is 15.4 Å². The van der Waals surface area contributed by atoms with E-state index in [0.717, 1.165) is 38.5 Å². The lowest BCUT2D eigenvalue weighted by molar-refractivity contribution is 0.0937. The first-order valence-corrected chi connectivity index (χ1v) is 31.0. The number of nitrogens with one attached hydrogen (secondary N) is 2. The van der Waals surface area contributed by atoms with Crippen molar-refractivity contribution in [3.63, 3.8) is 0 Å². The Kier molecular flexibility index (Phi) is 49.7. The van der Waals surface area contributed by atoms with Crippen LogP contribution in [0, 0.1) is 0 Å². The van der Waals surface area contributed by atoms with Gasteiger partial charge in [-0.3, -0.25) is 9.59 Å². The van der Waals surface area contributed by atoms with Crippen molar-refractivity contribution in [1.82, 2.24) is 10.6 Å². The van der Waals surface area contributed by atoms with Gasteiger partial charge in [0, 0.05) is 18.7 Å². The summed E-state index contributed by atoms with van der Waals surface area (Å²) in [6.45, 7) is 8.81. The van der Waals surface area contributed by atoms with E-state index in [1.54, 1.807) is 18.2 Å². The van der Waals surface area contributed by atoms with Gasteiger partial charge in [0.25, 0.3) is 11.8 Å². The van der Waals surface area contributed by atoms with E-state index in [1.165, 1.54) is 276 Å². The van der Waals surface area contributed by atoms with Crippen LogP contribution in [0.2, 0.25) is 0 Å². The molecule has 0 aliphatic heterocycles. The summed E-state index contributed by atoms with van der Waals surface area (Å²) >= 11 is 0. The Morgan fingerprint density at radius 1 is 0.324 bits per heavy atom. The number of ether oxygens (including phenoxy) is 1. The summed E-state index contributed by atoms with van der Waals surface area (Å²) in [6.07, 6.45) is 65.8. The highest BCUT2D eigenvalue weighted by molar-refractivity contribution is 6.00. The molecule has 0 radical (unpaired) electrons. The van der Waals surface area contributed by atoms with Gasteiger partial charge < -0.3 is 15.4 Å². The average molecular weight is 952 g/mol. The van der Waals surface area contributed by atoms with Crippen molar-refractivity contribution in [3.8, 4) is 5.75 Å². The molecule has 1 aromatic carbocycles. The molecule has 0 aromatic heterocycles. The number of hydrogen-bond donors (Lipinski definition) is 2. The lowest BCUT2D eigenvalue weighted by Crippen LogP contribution is -2.26. The van der Waals surface area contributed by atoms with E-state index in [1.807, 2.05) is 0 Å². The van der Waals surface area contributed by atoms with Crippen LogP contribution in [0.3, 0.4) is 0 Å². The molecule has 5 heteroatoms. The zero-order valence-corrected chi connectivity index (χ0v) is 46.2. The molecule has 0 aliphatic rings. The molecule has 0 bridgehead atoms. The molecule has 0 atom stereocenters. The molecule has 1 rings (SSSR count). The Morgan fingerprint density at radius 3 is 0.868 bits per heavy atom. The van der Waals surface area contributed by atoms with Crippen LogP contribution in [0.15, 0.2) is 18.2 Å². The van der Waals surface area contributed by atoms with Crippen LogP contribution in [0.1, 0.15) is 356 Å². The maximum Gasteiger partial charge on any atom is 0.255 e. The zero-order chi connectivity index (χ0) is 48.9. The van der Waals surface area contributed by atoms with Gasteiger partial charge in [0.05, 0.1) is 12.2 Å². The zero-order valence-electron chi connectivity index (χ0n) is 46.2. The van der Waals surface area contributed by atoms with Crippen LogP contribution in [-0.4, -0.2) is 31.5 Å². The van der Waals surface area contributed by atoms with Crippen LogP contribution in [0.5, 0.6) is 5.75 Å². The second-order valence-electron chi connectivity index (χ2n) is 21.3. The molecule has 0 saturated carbocycles. The van der Waals surface area contributed by atoms with E-state index in [2.05, 4.69) is 31.4 Å². The predicted molar refractivity (Wildman–Crippen MR) is 300 cm³/mol. The maximum atomic E-state index is 13.4. The number of hydrogen-bond acceptors (Lipinski definition) is 3. The van der Waals surface area contributed by atoms with Crippen LogP contribution in [-0.2, 0) is 0 Å². The summed E-state index contributed by atoms with van der Waals surface area (Å²) in [5.41, 5.74) is 1.12. The van der Waals surface area contributed by atoms with Gasteiger partial charge >= 0.3 is 0 Å². The van der Waals surface area contributed by atoms with Crippen molar-refractivity contribution in [1.29, 1.82) is 0 Å². The van der Waals surface area contributed by atoms with Gasteiger partial charge in [0.15, 0.2) is 0 Å². The molecule has 5 nitrogen and oxygen atoms in total. The SMILES string of the molecule is CCCCCCCCCCCCCCCCCCCCNC(=O)c1ccc(C(=O)NCCCCCCCCCCCCCCCCCCCC)c(OCCCCCCCCCCCCCCC)c1. The van der Waals surface area contributed by atoms with Crippen LogP contribution in [0.4, 0.5) is 0 Å². The molecule has 398 valence electrons. The first kappa shape index (κ1) is 64.0. The van der Waals surface area contributed by atoms with Gasteiger partial charge in [-0.05, 0) is 37.5 Å². The number of benzene rings is 1. The third-order valence-corrected chi connectivity index (χ3v) is 14.6. The van der Waals surface area contributed by atoms with E-state index >= 15 is 0 Å². The molecular formula is C63H118N2O3. The molecule has 0 fully saturated rings. The van der Waals surface area contributed by atoms with Gasteiger partial charge in [0.1, 0.15) is 5.75 Å². The Labute approximate surface area is 425 Å². The number of amides is 2. The van der Waals surface area contributed by atoms with Crippen LogP contribution in [0.25, 0.3) is 0 Å². The summed E-state index contributed by atoms with van der Waals surface area (Å²) in [7, 11) is 0. The fourth-order valence-corrected chi connectivity index (χ4v) is 9.93. The molecule has 1 aromatic rings. The van der Waals surface area contributed by atoms with Gasteiger partial charge in [0.2, 0.25) is 0 Å². The topological polar surface area (TPSA) is 67.4 Å². The highest BCUT2D eigenvalue weighted by Gasteiger charge is 2.16. The van der Waals surface area contributed by atoms with Gasteiger partial charge in [-0.2, -0.15) is 0 Å². The van der Waals surface area contributed by atoms with Crippen molar-refractivity contribution < 1.29 is 14.3 Å². The lowest BCUT2D eigenvalue weighted by Gasteiger charge is -2.14. The Hall–Kier alpha value is -2.04. The third kappa shape index (κ3) is 42.8. The second-order valence-corrected chi connectivity index (χ2v) is 21.3. The van der Waals surface area contributed by atoms with Crippen molar-refractivity contribution >= 4 is 11.8 Å². The summed E-state index contributed by atoms with van der Waals surface area (Å²) in [5, 5.41) is 6.31. The van der Waals surface area contributed by atoms with Gasteiger partial charge in [-0.1, -0.05) is 316 Å². The summed E-state index contributed by atoms with van der Waals surface area (Å²) < 4.78 is 6.30. The van der Waals surface area contributed by atoms with E-state index < -0.39 is 0 Å². The van der Waals surface area contributed by atoms with E-state index in [-0.39, 0.29) is 11.8 Å². The first-order valence-electron chi connectivity index (χ1n) is 31.0. The molecule has 0 spiro atoms. The van der Waals surface area contributed by atoms with Crippen molar-refractivity contribution in [2.45, 2.75) is 335 Å². The van der Waals surface area contributed by atoms with E-state index in [0.29, 0.717) is 36.6 Å². The standard InChI is InChI=1S/C63H118N2O3/c1-4-7-10-13-16-19-22-25-27-29-31-33-35-38-41-44-47-50-55-64-62(66)59-53-54-60(61(58-59)68-57-52-49-46-43-40-37-24-21-18-15-12-9-6-3)63(67)65-56-51-48-45-42-39-36-34-32-30-28-26-23-20-17-14-11-8-5-2/h53-54,58H,4-52,55-57H2,1-3H3,(H,64,66)(H,65,67). The van der Waals surface area contributed by atoms with Gasteiger partial charge in [-0.25, -0.2) is 0 Å².